The van der Waals surface area contributed by atoms with Crippen LogP contribution in [0.15, 0.2) is 97.7 Å². The van der Waals surface area contributed by atoms with Crippen molar-refractivity contribution in [1.82, 2.24) is 98.0 Å². The van der Waals surface area contributed by atoms with E-state index in [1.54, 1.807) is 81.7 Å². The number of hydrogen-bond acceptors (Lipinski definition) is 23. The summed E-state index contributed by atoms with van der Waals surface area (Å²) in [6.45, 7) is 7.83. The summed E-state index contributed by atoms with van der Waals surface area (Å²) >= 11 is 0.751. The number of thioether (sulfide) groups is 1. The topological polar surface area (TPSA) is 658 Å². The van der Waals surface area contributed by atoms with Crippen molar-refractivity contribution in [3.63, 3.8) is 0 Å². The number of aromatic hydroxyl groups is 1. The van der Waals surface area contributed by atoms with Gasteiger partial charge in [-0.1, -0.05) is 109 Å². The summed E-state index contributed by atoms with van der Waals surface area (Å²) in [7, 11) is 3.90. The van der Waals surface area contributed by atoms with E-state index in [0.29, 0.717) is 69.9 Å². The highest BCUT2D eigenvalue weighted by molar-refractivity contribution is 8.00. The van der Waals surface area contributed by atoms with Crippen molar-refractivity contribution in [2.75, 3.05) is 58.9 Å². The molecule has 9 rings (SSSR count). The minimum Gasteiger partial charge on any atom is -0.508 e. The Morgan fingerprint density at radius 3 is 1.71 bits per heavy atom. The van der Waals surface area contributed by atoms with Crippen molar-refractivity contribution in [1.29, 1.82) is 5.41 Å². The Balaban J connectivity index is 1.10. The summed E-state index contributed by atoms with van der Waals surface area (Å²) in [5, 5.41) is 71.1. The number of phenolic OH excluding ortho intramolecular Hbond substituents is 1. The fourth-order valence-corrected chi connectivity index (χ4v) is 17.8. The average molecular weight is 1910 g/mol. The van der Waals surface area contributed by atoms with Gasteiger partial charge in [0.1, 0.15) is 78.3 Å². The van der Waals surface area contributed by atoms with Gasteiger partial charge < -0.3 is 126 Å². The summed E-state index contributed by atoms with van der Waals surface area (Å²) in [5.74, 6) is -18.4. The maximum atomic E-state index is 15.8. The first-order valence-corrected chi connectivity index (χ1v) is 46.8. The van der Waals surface area contributed by atoms with Gasteiger partial charge in [-0.3, -0.25) is 86.9 Å². The van der Waals surface area contributed by atoms with Crippen LogP contribution in [0.4, 0.5) is 0 Å². The van der Waals surface area contributed by atoms with Gasteiger partial charge in [0, 0.05) is 125 Å². The zero-order chi connectivity index (χ0) is 99.5. The number of carbonyl (C=O) groups excluding carboxylic acids is 17. The lowest BCUT2D eigenvalue weighted by Gasteiger charge is -2.36. The Labute approximate surface area is 790 Å². The molecule has 1 spiro atoms. The number of Topliss-reactive ketones (excluding diaryl/α,β-unsaturated/α-hetero) is 1. The molecule has 3 aromatic heterocycles. The van der Waals surface area contributed by atoms with Crippen LogP contribution in [0.5, 0.6) is 5.75 Å². The molecule has 43 nitrogen and oxygen atoms in total. The van der Waals surface area contributed by atoms with E-state index in [0.717, 1.165) is 31.4 Å². The number of primary amides is 2. The van der Waals surface area contributed by atoms with Crippen LogP contribution in [0, 0.1) is 22.7 Å². The number of amides is 16. The number of ketones is 1. The molecule has 16 amide bonds. The second kappa shape index (κ2) is 49.6. The van der Waals surface area contributed by atoms with E-state index in [4.69, 9.17) is 22.6 Å². The Morgan fingerprint density at radius 2 is 1.12 bits per heavy atom. The van der Waals surface area contributed by atoms with E-state index < -0.39 is 253 Å². The second-order valence-corrected chi connectivity index (χ2v) is 36.7. The van der Waals surface area contributed by atoms with Crippen LogP contribution in [0.2, 0.25) is 0 Å². The van der Waals surface area contributed by atoms with Crippen molar-refractivity contribution in [2.45, 2.75) is 235 Å². The lowest BCUT2D eigenvalue weighted by molar-refractivity contribution is -0.149. The molecule has 2 unspecified atom stereocenters. The van der Waals surface area contributed by atoms with Gasteiger partial charge in [0.05, 0.1) is 49.2 Å². The highest BCUT2D eigenvalue weighted by Gasteiger charge is 2.59. The van der Waals surface area contributed by atoms with Crippen molar-refractivity contribution in [3.8, 4) is 5.75 Å². The number of phenols is 1. The molecule has 136 heavy (non-hydrogen) atoms. The number of H-pyrrole nitrogens is 3. The zero-order valence-electron chi connectivity index (χ0n) is 77.9. The molecule has 6 aromatic rings. The molecular weight excluding hydrogens is 1780 g/mol. The summed E-state index contributed by atoms with van der Waals surface area (Å²) < 4.78 is 0. The van der Waals surface area contributed by atoms with Gasteiger partial charge in [-0.05, 0) is 98.2 Å². The Bertz CT molecular complexity index is 5280. The van der Waals surface area contributed by atoms with Crippen LogP contribution < -0.4 is 75.7 Å². The van der Waals surface area contributed by atoms with Gasteiger partial charge in [-0.15, -0.1) is 11.8 Å². The number of unbranched alkanes of at least 4 members (excludes halogenated alkanes) is 2. The first-order chi connectivity index (χ1) is 64.6. The molecule has 16 atom stereocenters. The van der Waals surface area contributed by atoms with Crippen LogP contribution in [0.25, 0.3) is 21.8 Å². The summed E-state index contributed by atoms with van der Waals surface area (Å²) in [6, 6.07) is -0.769. The SMILES string of the molecule is CCCC[C@H]1C(=O)N(C)[C@@H](CCCC)C(=O)N[C@@H](CCCNC(=N)N)C(=O)NC(C(=O)NCC(N)=O)CSCC(=O)N[C@@H](Cc2ccc(O)cc2)C(=O)N(C)[C@@H](C)C(=O)N[C@@H](CC(N)=O)C(=O)N2C[C@H](O)C[C@H]2C(=O)N[C@@H](Cc2cnc[nH]2)C(=O)N[C@@H](CC(C)C)C(=O)CC2(C[C@@H]2C)C(=O)N[C@@H](Cc2c[nH]c3ccccc23)C(=O)N[C@@H](CO)C(=O)N[C@@H](Cc2c[nH]c3ccccc23)C(=O)N1C. The normalized spacial score (nSPS) is 25.7. The molecule has 738 valence electrons. The number of nitrogens with two attached hydrogens (primary N) is 3. The van der Waals surface area contributed by atoms with Crippen LogP contribution in [0.3, 0.4) is 0 Å². The van der Waals surface area contributed by atoms with E-state index in [1.807, 2.05) is 13.8 Å². The predicted molar refractivity (Wildman–Crippen MR) is 501 cm³/mol. The second-order valence-electron chi connectivity index (χ2n) is 35.7. The van der Waals surface area contributed by atoms with E-state index in [-0.39, 0.29) is 82.4 Å². The Kier molecular flexibility index (Phi) is 38.7. The van der Waals surface area contributed by atoms with Gasteiger partial charge in [-0.2, -0.15) is 0 Å². The summed E-state index contributed by atoms with van der Waals surface area (Å²) in [4.78, 5) is 268. The third kappa shape index (κ3) is 29.0. The monoisotopic (exact) mass is 1910 g/mol. The maximum absolute atomic E-state index is 15.8. The molecule has 2 aliphatic heterocycles. The Hall–Kier alpha value is -13.5. The molecule has 3 fully saturated rings. The third-order valence-corrected chi connectivity index (χ3v) is 26.0. The van der Waals surface area contributed by atoms with Gasteiger partial charge >= 0.3 is 0 Å². The predicted octanol–water partition coefficient (Wildman–Crippen LogP) is -1.93. The highest BCUT2D eigenvalue weighted by Crippen LogP contribution is 2.56. The van der Waals surface area contributed by atoms with Crippen LogP contribution in [-0.4, -0.2) is 305 Å². The van der Waals surface area contributed by atoms with Crippen molar-refractivity contribution in [3.05, 3.63) is 120 Å². The van der Waals surface area contributed by atoms with Crippen LogP contribution in [-0.2, 0) is 107 Å². The minimum absolute atomic E-state index is 0.00318. The number of benzene rings is 3. The number of hydrogen-bond donors (Lipinski definition) is 21. The highest BCUT2D eigenvalue weighted by atomic mass is 32.2. The lowest BCUT2D eigenvalue weighted by atomic mass is 9.89. The number of guanidine groups is 1. The molecule has 5 heterocycles. The number of fused-ring (bicyclic) bond motifs is 3. The number of nitrogens with zero attached hydrogens (tertiary/aromatic N) is 5. The van der Waals surface area contributed by atoms with Crippen LogP contribution in [0.1, 0.15) is 147 Å². The first kappa shape index (κ1) is 106. The maximum Gasteiger partial charge on any atom is 0.246 e. The van der Waals surface area contributed by atoms with E-state index in [1.165, 1.54) is 64.9 Å². The summed E-state index contributed by atoms with van der Waals surface area (Å²) in [6.07, 6.45) is 3.09. The number of nitrogens with one attached hydrogen (secondary N) is 15. The number of aromatic nitrogens is 4. The zero-order valence-corrected chi connectivity index (χ0v) is 78.7. The van der Waals surface area contributed by atoms with E-state index in [9.17, 15) is 58.5 Å². The fraction of sp³-hybridized carbons (Fsp3) is 0.533. The number of para-hydroxylation sites is 2. The van der Waals surface area contributed by atoms with Crippen molar-refractivity contribution >= 4 is 140 Å². The number of rotatable bonds is 26. The van der Waals surface area contributed by atoms with E-state index in [2.05, 4.69) is 78.4 Å². The molecule has 0 radical (unpaired) electrons. The smallest absolute Gasteiger partial charge is 0.246 e. The minimum atomic E-state index is -1.88. The molecule has 3 aliphatic rings. The fourth-order valence-electron chi connectivity index (χ4n) is 16.9. The van der Waals surface area contributed by atoms with Gasteiger partial charge in [0.15, 0.2) is 11.7 Å². The van der Waals surface area contributed by atoms with Crippen LogP contribution >= 0.6 is 11.8 Å². The van der Waals surface area contributed by atoms with Gasteiger partial charge in [-0.25, -0.2) is 4.98 Å². The number of aliphatic hydroxyl groups excluding tert-OH is 2. The largest absolute Gasteiger partial charge is 0.508 e. The number of likely N-dealkylation sites (N-methyl/N-ethyl adjacent to an activating group) is 3. The van der Waals surface area contributed by atoms with Gasteiger partial charge in [0.2, 0.25) is 94.5 Å². The molecule has 2 saturated heterocycles. The molecule has 0 bridgehead atoms. The summed E-state index contributed by atoms with van der Waals surface area (Å²) in [5.41, 5.74) is 18.3. The molecule has 24 N–H and O–H groups in total. The van der Waals surface area contributed by atoms with E-state index >= 15 is 38.4 Å². The molecular formula is C92H129N23O20S. The van der Waals surface area contributed by atoms with Gasteiger partial charge in [0.25, 0.3) is 0 Å². The van der Waals surface area contributed by atoms with Crippen molar-refractivity contribution in [2.24, 2.45) is 34.5 Å². The number of imidazole rings is 1. The molecule has 1 aliphatic carbocycles. The first-order valence-electron chi connectivity index (χ1n) is 45.7. The van der Waals surface area contributed by atoms with Crippen molar-refractivity contribution < 1.29 is 96.8 Å². The molecule has 3 aromatic carbocycles. The number of carbonyl (C=O) groups is 17. The number of aromatic amines is 3. The average Bonchev–Trinajstić information content (AvgIpc) is 1.58. The molecule has 44 heteroatoms. The standard InChI is InChI=1S/C92H129N23O20S/c1-10-12-24-71-84(129)104-62(23-18-30-98-91(95)96)80(125)110-70(79(124)101-43-76(94)121)46-136-47-77(122)103-66(32-52-26-28-56(117)29-27-52)86(131)112(7)51(6)78(123)107-68(37-75(93)120)88(133)115-44-57(118)36-73(115)85(130)106-65(35-55-42-97-48-102-55)82(127)105-63(31-49(3)4)74(119)39-92(38-50(92)5)90(135)111-64(33-53-40-99-60-21-16-14-19-58(53)60)81(126)109-69(45-116)83(128)108-67(34-54-41-100-61-22-17-15-20-59(54)61)87(132)114(9)72(25-13-11-2)89(134)113(71)8/h14-17,19-22,26-29,40-42,48-51,57,62-73,99-100,116-118H,10-13,18,23-25,30-39,43-47H2,1-9H3,(H2,93,120)(H2,94,121)(H,97,102)(H,101,124)(H,103,122)(H,104,129)(H,105,127)(H,106,130)(H,107,123)(H,108,128)(H,109,126)(H,110,125)(H,111,135)(H4,95,96,98)/t50-,51-,57+,62-,63-,64-,65-,66-,67-,68-,69-,70?,71-,72-,73-,92?/m0/s1. The Morgan fingerprint density at radius 1 is 0.581 bits per heavy atom. The third-order valence-electron chi connectivity index (χ3n) is 25.0. The quantitative estimate of drug-likeness (QED) is 0.0160. The molecule has 1 saturated carbocycles. The number of aliphatic hydroxyl groups is 2. The lowest BCUT2D eigenvalue weighted by Crippen LogP contribution is -2.61.